The minimum atomic E-state index is -0.328. The molecule has 0 atom stereocenters. The second-order valence-corrected chi connectivity index (χ2v) is 6.97. The second-order valence-electron chi connectivity index (χ2n) is 6.25. The van der Waals surface area contributed by atoms with Crippen molar-refractivity contribution < 1.29 is 13.9 Å². The summed E-state index contributed by atoms with van der Waals surface area (Å²) >= 11 is 1.50. The minimum absolute atomic E-state index is 0.305. The molecule has 0 aliphatic rings. The number of halogens is 1. The number of nitrogens with zero attached hydrogens (tertiary/aromatic N) is 3. The number of amides is 1. The summed E-state index contributed by atoms with van der Waals surface area (Å²) in [5, 5.41) is 9.05. The lowest BCUT2D eigenvalue weighted by Crippen LogP contribution is -2.14. The Labute approximate surface area is 170 Å². The summed E-state index contributed by atoms with van der Waals surface area (Å²) in [6, 6.07) is 13.1. The maximum atomic E-state index is 13.2. The van der Waals surface area contributed by atoms with Gasteiger partial charge in [0.25, 0.3) is 5.91 Å². The van der Waals surface area contributed by atoms with Crippen LogP contribution in [0.3, 0.4) is 0 Å². The summed E-state index contributed by atoms with van der Waals surface area (Å²) in [6.45, 7) is 2.10. The largest absolute Gasteiger partial charge is 0.485 e. The number of para-hydroxylation sites is 2. The van der Waals surface area contributed by atoms with Crippen LogP contribution in [-0.4, -0.2) is 20.7 Å². The first-order valence-corrected chi connectivity index (χ1v) is 9.77. The number of rotatable bonds is 6. The molecular weight excluding hydrogens is 391 g/mol. The lowest BCUT2D eigenvalue weighted by Gasteiger charge is -2.12. The molecule has 0 bridgehead atoms. The predicted octanol–water partition coefficient (Wildman–Crippen LogP) is 4.61. The number of hydrogen-bond donors (Lipinski definition) is 1. The van der Waals surface area contributed by atoms with Crippen molar-refractivity contribution in [1.82, 2.24) is 14.8 Å². The van der Waals surface area contributed by atoms with Crippen LogP contribution < -0.4 is 10.1 Å². The number of anilines is 1. The molecule has 1 N–H and O–H groups in total. The topological polar surface area (TPSA) is 69.0 Å². The molecule has 4 rings (SSSR count). The Balaban J connectivity index is 1.52. The van der Waals surface area contributed by atoms with Crippen molar-refractivity contribution in [2.75, 3.05) is 5.32 Å². The number of carbonyl (C=O) groups is 1. The van der Waals surface area contributed by atoms with Gasteiger partial charge in [0.05, 0.1) is 40.0 Å². The van der Waals surface area contributed by atoms with E-state index in [1.165, 1.54) is 29.7 Å². The fraction of sp³-hybridized carbons (Fsp3) is 0.0952. The molecule has 0 radical (unpaired) electrons. The number of benzene rings is 2. The molecule has 0 aliphatic heterocycles. The zero-order valence-electron chi connectivity index (χ0n) is 15.5. The Morgan fingerprint density at radius 3 is 2.76 bits per heavy atom. The normalized spacial score (nSPS) is 10.7. The monoisotopic (exact) mass is 408 g/mol. The van der Waals surface area contributed by atoms with Crippen LogP contribution in [-0.2, 0) is 6.61 Å². The highest BCUT2D eigenvalue weighted by atomic mass is 32.1. The van der Waals surface area contributed by atoms with Crippen LogP contribution in [0.5, 0.6) is 5.75 Å². The van der Waals surface area contributed by atoms with Crippen LogP contribution >= 0.6 is 11.3 Å². The van der Waals surface area contributed by atoms with E-state index in [2.05, 4.69) is 15.4 Å². The van der Waals surface area contributed by atoms with Gasteiger partial charge in [-0.25, -0.2) is 14.1 Å². The molecule has 29 heavy (non-hydrogen) atoms. The molecule has 0 aliphatic carbocycles. The van der Waals surface area contributed by atoms with Crippen LogP contribution in [0, 0.1) is 12.7 Å². The number of ether oxygens (including phenoxy) is 1. The highest BCUT2D eigenvalue weighted by molar-refractivity contribution is 7.07. The highest BCUT2D eigenvalue weighted by Gasteiger charge is 2.17. The van der Waals surface area contributed by atoms with Crippen LogP contribution in [0.1, 0.15) is 21.7 Å². The zero-order valence-corrected chi connectivity index (χ0v) is 16.3. The van der Waals surface area contributed by atoms with E-state index in [1.807, 2.05) is 17.5 Å². The van der Waals surface area contributed by atoms with E-state index in [1.54, 1.807) is 41.4 Å². The molecular formula is C21H17FN4O2S. The number of hydrogen-bond acceptors (Lipinski definition) is 5. The number of aromatic nitrogens is 3. The maximum Gasteiger partial charge on any atom is 0.259 e. The van der Waals surface area contributed by atoms with Gasteiger partial charge in [-0.3, -0.25) is 4.79 Å². The van der Waals surface area contributed by atoms with E-state index in [9.17, 15) is 9.18 Å². The van der Waals surface area contributed by atoms with Gasteiger partial charge in [0.2, 0.25) is 0 Å². The van der Waals surface area contributed by atoms with Gasteiger partial charge < -0.3 is 10.1 Å². The SMILES string of the molecule is Cc1c(C(=O)Nc2ccccc2OCc2cscn2)cnn1-c1ccc(F)cc1. The van der Waals surface area contributed by atoms with Crippen LogP contribution in [0.25, 0.3) is 5.69 Å². The lowest BCUT2D eigenvalue weighted by molar-refractivity contribution is 0.102. The molecule has 146 valence electrons. The first-order valence-electron chi connectivity index (χ1n) is 8.82. The van der Waals surface area contributed by atoms with Gasteiger partial charge in [-0.1, -0.05) is 12.1 Å². The van der Waals surface area contributed by atoms with Crippen molar-refractivity contribution in [3.8, 4) is 11.4 Å². The molecule has 4 aromatic rings. The van der Waals surface area contributed by atoms with Gasteiger partial charge >= 0.3 is 0 Å². The van der Waals surface area contributed by atoms with Crippen LogP contribution in [0.2, 0.25) is 0 Å². The first kappa shape index (κ1) is 18.8. The fourth-order valence-electron chi connectivity index (χ4n) is 2.82. The molecule has 0 unspecified atom stereocenters. The van der Waals surface area contributed by atoms with E-state index in [0.717, 1.165) is 5.69 Å². The summed E-state index contributed by atoms with van der Waals surface area (Å²) in [6.07, 6.45) is 1.49. The first-order chi connectivity index (χ1) is 14.1. The third-order valence-electron chi connectivity index (χ3n) is 4.32. The average molecular weight is 408 g/mol. The third-order valence-corrected chi connectivity index (χ3v) is 4.96. The molecule has 2 aromatic carbocycles. The Hall–Kier alpha value is -3.52. The molecule has 1 amide bonds. The van der Waals surface area contributed by atoms with E-state index >= 15 is 0 Å². The summed E-state index contributed by atoms with van der Waals surface area (Å²) in [4.78, 5) is 17.0. The zero-order chi connectivity index (χ0) is 20.2. The number of carbonyl (C=O) groups excluding carboxylic acids is 1. The van der Waals surface area contributed by atoms with Crippen LogP contribution in [0.15, 0.2) is 65.6 Å². The maximum absolute atomic E-state index is 13.2. The summed E-state index contributed by atoms with van der Waals surface area (Å²) in [5.74, 6) is -0.0798. The van der Waals surface area contributed by atoms with E-state index in [-0.39, 0.29) is 11.7 Å². The minimum Gasteiger partial charge on any atom is -0.485 e. The Bertz CT molecular complexity index is 1120. The third kappa shape index (κ3) is 4.17. The molecule has 0 spiro atoms. The van der Waals surface area contributed by atoms with Crippen molar-refractivity contribution >= 4 is 22.9 Å². The standard InChI is InChI=1S/C21H17FN4O2S/c1-14-18(10-24-26(14)17-8-6-15(22)7-9-17)21(27)25-19-4-2-3-5-20(19)28-11-16-12-29-13-23-16/h2-10,12-13H,11H2,1H3,(H,25,27). The van der Waals surface area contributed by atoms with E-state index in [4.69, 9.17) is 4.74 Å². The van der Waals surface area contributed by atoms with Crippen molar-refractivity contribution in [2.24, 2.45) is 0 Å². The van der Waals surface area contributed by atoms with Crippen molar-refractivity contribution in [2.45, 2.75) is 13.5 Å². The molecule has 0 saturated carbocycles. The van der Waals surface area contributed by atoms with Gasteiger partial charge in [-0.05, 0) is 43.3 Å². The predicted molar refractivity (Wildman–Crippen MR) is 109 cm³/mol. The van der Waals surface area contributed by atoms with E-state index in [0.29, 0.717) is 35.0 Å². The Morgan fingerprint density at radius 2 is 2.00 bits per heavy atom. The Kier molecular flexibility index (Phi) is 5.35. The molecule has 2 heterocycles. The van der Waals surface area contributed by atoms with Crippen LogP contribution in [0.4, 0.5) is 10.1 Å². The van der Waals surface area contributed by atoms with Gasteiger partial charge in [-0.15, -0.1) is 11.3 Å². The van der Waals surface area contributed by atoms with Crippen molar-refractivity contribution in [3.63, 3.8) is 0 Å². The van der Waals surface area contributed by atoms with Gasteiger partial charge in [0, 0.05) is 5.38 Å². The summed E-state index contributed by atoms with van der Waals surface area (Å²) < 4.78 is 20.6. The van der Waals surface area contributed by atoms with Gasteiger partial charge in [-0.2, -0.15) is 5.10 Å². The average Bonchev–Trinajstić information content (AvgIpc) is 3.38. The Morgan fingerprint density at radius 1 is 1.21 bits per heavy atom. The molecule has 2 aromatic heterocycles. The smallest absolute Gasteiger partial charge is 0.259 e. The van der Waals surface area contributed by atoms with Gasteiger partial charge in [0.15, 0.2) is 0 Å². The van der Waals surface area contributed by atoms with Crippen molar-refractivity contribution in [3.05, 3.63) is 88.4 Å². The molecule has 8 heteroatoms. The summed E-state index contributed by atoms with van der Waals surface area (Å²) in [5.41, 5.74) is 4.87. The van der Waals surface area contributed by atoms with Gasteiger partial charge in [0.1, 0.15) is 18.2 Å². The number of thiazole rings is 1. The van der Waals surface area contributed by atoms with Crippen molar-refractivity contribution in [1.29, 1.82) is 0 Å². The molecule has 0 fully saturated rings. The number of nitrogens with one attached hydrogen (secondary N) is 1. The molecule has 6 nitrogen and oxygen atoms in total. The second kappa shape index (κ2) is 8.24. The summed E-state index contributed by atoms with van der Waals surface area (Å²) in [7, 11) is 0. The quantitative estimate of drug-likeness (QED) is 0.506. The fourth-order valence-corrected chi connectivity index (χ4v) is 3.36. The lowest BCUT2D eigenvalue weighted by atomic mass is 10.2. The molecule has 0 saturated heterocycles. The van der Waals surface area contributed by atoms with E-state index < -0.39 is 0 Å². The highest BCUT2D eigenvalue weighted by Crippen LogP contribution is 2.26.